The molecule has 2 unspecified atom stereocenters. The SMILES string of the molecule is CCOC(=O)N1CCCCN1C(=S)Nc1cc(OCC(=O)OC2COCC2OC(C)=O)c(Cl)cc1F. The fourth-order valence-corrected chi connectivity index (χ4v) is 4.07. The highest BCUT2D eigenvalue weighted by molar-refractivity contribution is 7.80. The van der Waals surface area contributed by atoms with Gasteiger partial charge in [-0.25, -0.2) is 19.0 Å². The van der Waals surface area contributed by atoms with Gasteiger partial charge >= 0.3 is 18.0 Å². The highest BCUT2D eigenvalue weighted by Gasteiger charge is 2.34. The van der Waals surface area contributed by atoms with Gasteiger partial charge < -0.3 is 29.0 Å². The van der Waals surface area contributed by atoms with E-state index >= 15 is 0 Å². The Kier molecular flexibility index (Phi) is 9.90. The van der Waals surface area contributed by atoms with Crippen LogP contribution in [0.15, 0.2) is 12.1 Å². The third-order valence-corrected chi connectivity index (χ3v) is 5.79. The van der Waals surface area contributed by atoms with Crippen LogP contribution >= 0.6 is 23.8 Å². The van der Waals surface area contributed by atoms with Crippen LogP contribution in [-0.4, -0.2) is 84.9 Å². The minimum absolute atomic E-state index is 0.000387. The molecule has 0 saturated carbocycles. The van der Waals surface area contributed by atoms with Crippen LogP contribution in [0.1, 0.15) is 26.7 Å². The predicted octanol–water partition coefficient (Wildman–Crippen LogP) is 2.90. The first-order valence-corrected chi connectivity index (χ1v) is 12.1. The molecular formula is C22H27ClFN3O8S. The highest BCUT2D eigenvalue weighted by atomic mass is 35.5. The van der Waals surface area contributed by atoms with Gasteiger partial charge in [0.05, 0.1) is 30.5 Å². The molecule has 2 aliphatic heterocycles. The summed E-state index contributed by atoms with van der Waals surface area (Å²) in [7, 11) is 0. The Morgan fingerprint density at radius 3 is 2.50 bits per heavy atom. The maximum atomic E-state index is 14.6. The number of thiocarbonyl (C=S) groups is 1. The molecular weight excluding hydrogens is 521 g/mol. The number of hydrogen-bond donors (Lipinski definition) is 1. The van der Waals surface area contributed by atoms with Crippen LogP contribution in [0, 0.1) is 5.82 Å². The molecule has 11 nitrogen and oxygen atoms in total. The molecule has 0 bridgehead atoms. The fourth-order valence-electron chi connectivity index (χ4n) is 3.57. The first-order valence-electron chi connectivity index (χ1n) is 11.3. The summed E-state index contributed by atoms with van der Waals surface area (Å²) in [6.45, 7) is 3.64. The lowest BCUT2D eigenvalue weighted by Crippen LogP contribution is -2.54. The molecule has 0 spiro atoms. The molecule has 0 aliphatic carbocycles. The Hall–Kier alpha value is -2.90. The van der Waals surface area contributed by atoms with Crippen molar-refractivity contribution in [3.63, 3.8) is 0 Å². The number of hydrogen-bond acceptors (Lipinski definition) is 9. The number of carbonyl (C=O) groups excluding carboxylic acids is 3. The van der Waals surface area contributed by atoms with Crippen LogP contribution in [0.25, 0.3) is 0 Å². The average molecular weight is 548 g/mol. The molecule has 14 heteroatoms. The molecule has 2 fully saturated rings. The summed E-state index contributed by atoms with van der Waals surface area (Å²) in [5, 5.41) is 5.62. The molecule has 1 aromatic rings. The van der Waals surface area contributed by atoms with E-state index in [1.165, 1.54) is 23.0 Å². The van der Waals surface area contributed by atoms with Gasteiger partial charge in [0.2, 0.25) is 0 Å². The van der Waals surface area contributed by atoms with E-state index in [4.69, 9.17) is 47.5 Å². The van der Waals surface area contributed by atoms with Crippen molar-refractivity contribution in [2.75, 3.05) is 44.8 Å². The van der Waals surface area contributed by atoms with Gasteiger partial charge in [0.15, 0.2) is 23.9 Å². The highest BCUT2D eigenvalue weighted by Crippen LogP contribution is 2.31. The Labute approximate surface area is 217 Å². The number of esters is 2. The maximum Gasteiger partial charge on any atom is 0.428 e. The Balaban J connectivity index is 1.62. The van der Waals surface area contributed by atoms with Crippen LogP contribution in [0.3, 0.4) is 0 Å². The zero-order valence-electron chi connectivity index (χ0n) is 19.8. The van der Waals surface area contributed by atoms with Crippen LogP contribution in [0.5, 0.6) is 5.75 Å². The first kappa shape index (κ1) is 27.7. The van der Waals surface area contributed by atoms with E-state index in [9.17, 15) is 18.8 Å². The number of nitrogens with one attached hydrogen (secondary N) is 1. The molecule has 1 N–H and O–H groups in total. The number of nitrogens with zero attached hydrogens (tertiary/aromatic N) is 2. The Bertz CT molecular complexity index is 1000. The number of ether oxygens (including phenoxy) is 5. The molecule has 2 aliphatic rings. The minimum Gasteiger partial charge on any atom is -0.480 e. The molecule has 198 valence electrons. The minimum atomic E-state index is -0.768. The second-order valence-corrected chi connectivity index (χ2v) is 8.64. The maximum absolute atomic E-state index is 14.6. The van der Waals surface area contributed by atoms with Crippen molar-refractivity contribution in [2.24, 2.45) is 0 Å². The number of benzene rings is 1. The number of anilines is 1. The third-order valence-electron chi connectivity index (χ3n) is 5.18. The van der Waals surface area contributed by atoms with E-state index in [2.05, 4.69) is 5.32 Å². The number of amides is 1. The van der Waals surface area contributed by atoms with Crippen molar-refractivity contribution >= 4 is 52.7 Å². The Morgan fingerprint density at radius 1 is 1.17 bits per heavy atom. The lowest BCUT2D eigenvalue weighted by Gasteiger charge is -2.39. The van der Waals surface area contributed by atoms with Gasteiger partial charge in [-0.05, 0) is 38.0 Å². The molecule has 0 aromatic heterocycles. The lowest BCUT2D eigenvalue weighted by atomic mass is 10.2. The summed E-state index contributed by atoms with van der Waals surface area (Å²) in [6, 6.07) is 2.25. The van der Waals surface area contributed by atoms with Gasteiger partial charge in [-0.2, -0.15) is 0 Å². The van der Waals surface area contributed by atoms with Crippen molar-refractivity contribution in [3.05, 3.63) is 23.0 Å². The van der Waals surface area contributed by atoms with Gasteiger partial charge in [-0.15, -0.1) is 0 Å². The third kappa shape index (κ3) is 7.31. The topological polar surface area (TPSA) is 116 Å². The van der Waals surface area contributed by atoms with Crippen LogP contribution in [0.2, 0.25) is 5.02 Å². The predicted molar refractivity (Wildman–Crippen MR) is 129 cm³/mol. The van der Waals surface area contributed by atoms with E-state index in [1.54, 1.807) is 6.92 Å². The molecule has 2 saturated heterocycles. The van der Waals surface area contributed by atoms with E-state index in [0.717, 1.165) is 18.9 Å². The lowest BCUT2D eigenvalue weighted by molar-refractivity contribution is -0.163. The summed E-state index contributed by atoms with van der Waals surface area (Å²) in [4.78, 5) is 35.7. The number of rotatable bonds is 7. The summed E-state index contributed by atoms with van der Waals surface area (Å²) < 4.78 is 40.6. The quantitative estimate of drug-likeness (QED) is 0.308. The van der Waals surface area contributed by atoms with Crippen LogP contribution < -0.4 is 10.1 Å². The molecule has 0 radical (unpaired) electrons. The van der Waals surface area contributed by atoms with Gasteiger partial charge in [-0.1, -0.05) is 11.6 Å². The van der Waals surface area contributed by atoms with Crippen LogP contribution in [0.4, 0.5) is 14.9 Å². The second-order valence-electron chi connectivity index (χ2n) is 7.85. The zero-order chi connectivity index (χ0) is 26.2. The fraction of sp³-hybridized carbons (Fsp3) is 0.545. The monoisotopic (exact) mass is 547 g/mol. The molecule has 2 atom stereocenters. The van der Waals surface area contributed by atoms with Crippen molar-refractivity contribution in [1.82, 2.24) is 10.0 Å². The van der Waals surface area contributed by atoms with Crippen molar-refractivity contribution in [2.45, 2.75) is 38.9 Å². The van der Waals surface area contributed by atoms with Crippen molar-refractivity contribution in [1.29, 1.82) is 0 Å². The molecule has 3 rings (SSSR count). The molecule has 36 heavy (non-hydrogen) atoms. The first-order chi connectivity index (χ1) is 17.2. The number of carbonyl (C=O) groups is 3. The van der Waals surface area contributed by atoms with Crippen molar-refractivity contribution in [3.8, 4) is 5.75 Å². The zero-order valence-corrected chi connectivity index (χ0v) is 21.4. The van der Waals surface area contributed by atoms with E-state index in [1.807, 2.05) is 0 Å². The van der Waals surface area contributed by atoms with Gasteiger partial charge in [-0.3, -0.25) is 9.80 Å². The molecule has 2 heterocycles. The smallest absolute Gasteiger partial charge is 0.428 e. The van der Waals surface area contributed by atoms with E-state index in [-0.39, 0.29) is 41.4 Å². The van der Waals surface area contributed by atoms with E-state index in [0.29, 0.717) is 13.1 Å². The van der Waals surface area contributed by atoms with Gasteiger partial charge in [0.25, 0.3) is 0 Å². The van der Waals surface area contributed by atoms with Gasteiger partial charge in [0.1, 0.15) is 11.6 Å². The second kappa shape index (κ2) is 12.9. The normalized spacial score (nSPS) is 19.4. The van der Waals surface area contributed by atoms with Crippen LogP contribution in [-0.2, 0) is 28.5 Å². The summed E-state index contributed by atoms with van der Waals surface area (Å²) in [6.07, 6.45) is -0.474. The average Bonchev–Trinajstić information content (AvgIpc) is 3.25. The summed E-state index contributed by atoms with van der Waals surface area (Å²) in [5.41, 5.74) is -0.0683. The summed E-state index contributed by atoms with van der Waals surface area (Å²) >= 11 is 11.5. The van der Waals surface area contributed by atoms with E-state index < -0.39 is 42.7 Å². The summed E-state index contributed by atoms with van der Waals surface area (Å²) in [5.74, 6) is -2.00. The molecule has 1 aromatic carbocycles. The number of halogens is 2. The largest absolute Gasteiger partial charge is 0.480 e. The van der Waals surface area contributed by atoms with Gasteiger partial charge in [0, 0.05) is 26.1 Å². The molecule has 1 amide bonds. The van der Waals surface area contributed by atoms with Crippen molar-refractivity contribution < 1.29 is 42.5 Å². The Morgan fingerprint density at radius 2 is 1.83 bits per heavy atom. The standard InChI is InChI=1S/C22H27ClFN3O8S/c1-3-32-22(30)27-7-5-4-6-26(27)21(36)25-16-9-17(14(23)8-15(16)24)33-12-20(29)35-19-11-31-10-18(19)34-13(2)28/h8-9,18-19H,3-7,10-12H2,1-2H3,(H,25,36). The number of hydrazine groups is 1.